The van der Waals surface area contributed by atoms with Crippen LogP contribution in [0.4, 0.5) is 5.69 Å². The first-order chi connectivity index (χ1) is 14.4. The second-order valence-corrected chi connectivity index (χ2v) is 7.15. The van der Waals surface area contributed by atoms with E-state index in [4.69, 9.17) is 16.3 Å². The summed E-state index contributed by atoms with van der Waals surface area (Å²) in [7, 11) is 1.49. The topological polar surface area (TPSA) is 90.5 Å². The highest BCUT2D eigenvalue weighted by molar-refractivity contribution is 6.31. The fraction of sp³-hybridized carbons (Fsp3) is 0.143. The van der Waals surface area contributed by atoms with E-state index in [2.05, 4.69) is 15.5 Å². The quantitative estimate of drug-likeness (QED) is 0.532. The van der Waals surface area contributed by atoms with Gasteiger partial charge in [-0.15, -0.1) is 0 Å². The minimum absolute atomic E-state index is 0.268. The van der Waals surface area contributed by atoms with Crippen LogP contribution in [0.25, 0.3) is 16.8 Å². The van der Waals surface area contributed by atoms with E-state index in [-0.39, 0.29) is 6.54 Å². The standard InChI is InChI=1S/C21H18ClN5O3/c1-13-3-5-14(6-4-13)16-10-18-21(29)26(23-12-27(18)25-16)11-20(28)24-17-9-15(22)7-8-19(17)30-2/h3-10,12H,11H2,1-2H3,(H,24,28). The molecule has 0 fully saturated rings. The van der Waals surface area contributed by atoms with Crippen molar-refractivity contribution in [1.82, 2.24) is 19.4 Å². The van der Waals surface area contributed by atoms with Gasteiger partial charge in [-0.3, -0.25) is 9.59 Å². The largest absolute Gasteiger partial charge is 0.495 e. The summed E-state index contributed by atoms with van der Waals surface area (Å²) in [4.78, 5) is 25.3. The average molecular weight is 424 g/mol. The van der Waals surface area contributed by atoms with E-state index in [0.717, 1.165) is 15.8 Å². The summed E-state index contributed by atoms with van der Waals surface area (Å²) in [6.45, 7) is 1.73. The lowest BCUT2D eigenvalue weighted by atomic mass is 10.1. The number of rotatable bonds is 5. The third kappa shape index (κ3) is 3.90. The van der Waals surface area contributed by atoms with Gasteiger partial charge >= 0.3 is 0 Å². The Balaban J connectivity index is 1.60. The first-order valence-corrected chi connectivity index (χ1v) is 9.48. The highest BCUT2D eigenvalue weighted by atomic mass is 35.5. The van der Waals surface area contributed by atoms with Gasteiger partial charge in [0.1, 0.15) is 24.1 Å². The van der Waals surface area contributed by atoms with E-state index in [9.17, 15) is 9.59 Å². The Morgan fingerprint density at radius 1 is 1.17 bits per heavy atom. The second-order valence-electron chi connectivity index (χ2n) is 6.71. The zero-order valence-electron chi connectivity index (χ0n) is 16.3. The molecule has 0 unspecified atom stereocenters. The van der Waals surface area contributed by atoms with Crippen LogP contribution in [-0.2, 0) is 11.3 Å². The van der Waals surface area contributed by atoms with Crippen LogP contribution < -0.4 is 15.6 Å². The molecule has 0 aliphatic carbocycles. The summed E-state index contributed by atoms with van der Waals surface area (Å²) in [6.07, 6.45) is 1.40. The molecule has 4 rings (SSSR count). The maximum atomic E-state index is 12.8. The van der Waals surface area contributed by atoms with Crippen molar-refractivity contribution in [3.05, 3.63) is 75.8 Å². The van der Waals surface area contributed by atoms with Crippen molar-refractivity contribution in [3.8, 4) is 17.0 Å². The first kappa shape index (κ1) is 19.7. The summed E-state index contributed by atoms with van der Waals surface area (Å²) in [5.74, 6) is 0.0230. The van der Waals surface area contributed by atoms with Crippen LogP contribution in [0, 0.1) is 6.92 Å². The zero-order valence-corrected chi connectivity index (χ0v) is 17.1. The molecule has 0 radical (unpaired) electrons. The molecule has 1 N–H and O–H groups in total. The van der Waals surface area contributed by atoms with Crippen molar-refractivity contribution < 1.29 is 9.53 Å². The van der Waals surface area contributed by atoms with E-state index < -0.39 is 11.5 Å². The van der Waals surface area contributed by atoms with Crippen LogP contribution in [0.3, 0.4) is 0 Å². The van der Waals surface area contributed by atoms with Crippen molar-refractivity contribution >= 4 is 28.7 Å². The molecule has 1 amide bonds. The molecule has 0 atom stereocenters. The number of hydrogen-bond donors (Lipinski definition) is 1. The van der Waals surface area contributed by atoms with E-state index in [1.54, 1.807) is 24.3 Å². The smallest absolute Gasteiger partial charge is 0.293 e. The summed E-state index contributed by atoms with van der Waals surface area (Å²) in [6, 6.07) is 14.4. The molecule has 2 aromatic heterocycles. The normalized spacial score (nSPS) is 10.9. The van der Waals surface area contributed by atoms with E-state index in [0.29, 0.717) is 27.7 Å². The minimum Gasteiger partial charge on any atom is -0.495 e. The lowest BCUT2D eigenvalue weighted by Gasteiger charge is -2.11. The van der Waals surface area contributed by atoms with Gasteiger partial charge in [-0.25, -0.2) is 9.20 Å². The van der Waals surface area contributed by atoms with Crippen molar-refractivity contribution in [2.24, 2.45) is 0 Å². The van der Waals surface area contributed by atoms with Crippen LogP contribution in [0.15, 0.2) is 59.7 Å². The number of benzene rings is 2. The highest BCUT2D eigenvalue weighted by Gasteiger charge is 2.14. The number of fused-ring (bicyclic) bond motifs is 1. The van der Waals surface area contributed by atoms with Gasteiger partial charge in [0.2, 0.25) is 5.91 Å². The van der Waals surface area contributed by atoms with Gasteiger partial charge in [-0.1, -0.05) is 41.4 Å². The molecule has 152 valence electrons. The molecule has 0 bridgehead atoms. The number of hydrogen-bond acceptors (Lipinski definition) is 5. The number of carbonyl (C=O) groups excluding carboxylic acids is 1. The number of methoxy groups -OCH3 is 1. The fourth-order valence-electron chi connectivity index (χ4n) is 3.02. The number of amides is 1. The molecule has 0 aliphatic rings. The number of carbonyl (C=O) groups is 1. The van der Waals surface area contributed by atoms with Crippen LogP contribution in [0.1, 0.15) is 5.56 Å². The Morgan fingerprint density at radius 3 is 2.67 bits per heavy atom. The van der Waals surface area contributed by atoms with Crippen LogP contribution >= 0.6 is 11.6 Å². The van der Waals surface area contributed by atoms with Crippen LogP contribution in [0.5, 0.6) is 5.75 Å². The van der Waals surface area contributed by atoms with Crippen molar-refractivity contribution in [1.29, 1.82) is 0 Å². The average Bonchev–Trinajstić information content (AvgIpc) is 3.16. The molecule has 0 aliphatic heterocycles. The molecule has 30 heavy (non-hydrogen) atoms. The second kappa shape index (κ2) is 8.00. The summed E-state index contributed by atoms with van der Waals surface area (Å²) >= 11 is 5.99. The maximum absolute atomic E-state index is 12.8. The van der Waals surface area contributed by atoms with Gasteiger partial charge in [-0.2, -0.15) is 10.2 Å². The van der Waals surface area contributed by atoms with Crippen LogP contribution in [-0.4, -0.2) is 32.4 Å². The molecular weight excluding hydrogens is 406 g/mol. The summed E-state index contributed by atoms with van der Waals surface area (Å²) in [5.41, 5.74) is 3.00. The Bertz CT molecular complexity index is 1290. The lowest BCUT2D eigenvalue weighted by molar-refractivity contribution is -0.117. The molecule has 2 aromatic carbocycles. The van der Waals surface area contributed by atoms with Gasteiger partial charge in [0.05, 0.1) is 18.5 Å². The number of nitrogens with one attached hydrogen (secondary N) is 1. The van der Waals surface area contributed by atoms with Crippen molar-refractivity contribution in [2.75, 3.05) is 12.4 Å². The van der Waals surface area contributed by atoms with Crippen molar-refractivity contribution in [3.63, 3.8) is 0 Å². The van der Waals surface area contributed by atoms with Gasteiger partial charge in [0.25, 0.3) is 5.56 Å². The number of ether oxygens (including phenoxy) is 1. The lowest BCUT2D eigenvalue weighted by Crippen LogP contribution is -2.30. The zero-order chi connectivity index (χ0) is 21.3. The SMILES string of the molecule is COc1ccc(Cl)cc1NC(=O)Cn1ncn2nc(-c3ccc(C)cc3)cc2c1=O. The first-order valence-electron chi connectivity index (χ1n) is 9.10. The van der Waals surface area contributed by atoms with Crippen molar-refractivity contribution in [2.45, 2.75) is 13.5 Å². The Labute approximate surface area is 176 Å². The van der Waals surface area contributed by atoms with Gasteiger partial charge in [-0.05, 0) is 31.2 Å². The molecule has 4 aromatic rings. The third-order valence-electron chi connectivity index (χ3n) is 4.57. The van der Waals surface area contributed by atoms with Gasteiger partial charge in [0, 0.05) is 10.6 Å². The van der Waals surface area contributed by atoms with E-state index >= 15 is 0 Å². The maximum Gasteiger partial charge on any atom is 0.293 e. The number of nitrogens with zero attached hydrogens (tertiary/aromatic N) is 4. The molecule has 0 spiro atoms. The molecule has 8 nitrogen and oxygen atoms in total. The molecule has 0 saturated heterocycles. The Hall–Kier alpha value is -3.65. The monoisotopic (exact) mass is 423 g/mol. The third-order valence-corrected chi connectivity index (χ3v) is 4.80. The molecule has 9 heteroatoms. The number of anilines is 1. The Kier molecular flexibility index (Phi) is 5.24. The van der Waals surface area contributed by atoms with Crippen LogP contribution in [0.2, 0.25) is 5.02 Å². The molecule has 2 heterocycles. The van der Waals surface area contributed by atoms with E-state index in [1.807, 2.05) is 31.2 Å². The summed E-state index contributed by atoms with van der Waals surface area (Å²) in [5, 5.41) is 11.6. The van der Waals surface area contributed by atoms with Gasteiger partial charge < -0.3 is 10.1 Å². The fourth-order valence-corrected chi connectivity index (χ4v) is 3.19. The number of aromatic nitrogens is 4. The molecular formula is C21H18ClN5O3. The number of halogens is 1. The van der Waals surface area contributed by atoms with Gasteiger partial charge in [0.15, 0.2) is 0 Å². The minimum atomic E-state index is -0.437. The number of aryl methyl sites for hydroxylation is 1. The Morgan fingerprint density at radius 2 is 1.93 bits per heavy atom. The summed E-state index contributed by atoms with van der Waals surface area (Å²) < 4.78 is 7.71. The molecule has 0 saturated carbocycles. The predicted molar refractivity (Wildman–Crippen MR) is 114 cm³/mol. The van der Waals surface area contributed by atoms with E-state index in [1.165, 1.54) is 18.0 Å². The highest BCUT2D eigenvalue weighted by Crippen LogP contribution is 2.27. The predicted octanol–water partition coefficient (Wildman–Crippen LogP) is 3.17.